The zero-order valence-corrected chi connectivity index (χ0v) is 14.8. The molecule has 24 heavy (non-hydrogen) atoms. The minimum Gasteiger partial charge on any atom is -0.381 e. The average molecular weight is 348 g/mol. The molecule has 0 bridgehead atoms. The summed E-state index contributed by atoms with van der Waals surface area (Å²) in [5.41, 5.74) is 1.77. The quantitative estimate of drug-likeness (QED) is 0.734. The molecule has 0 unspecified atom stereocenters. The Balaban J connectivity index is 1.48. The van der Waals surface area contributed by atoms with Gasteiger partial charge in [-0.3, -0.25) is 9.59 Å². The van der Waals surface area contributed by atoms with Crippen LogP contribution in [0.15, 0.2) is 24.3 Å². The Kier molecular flexibility index (Phi) is 5.79. The summed E-state index contributed by atoms with van der Waals surface area (Å²) in [7, 11) is 0. The smallest absolute Gasteiger partial charge is 0.256 e. The third-order valence-corrected chi connectivity index (χ3v) is 5.71. The summed E-state index contributed by atoms with van der Waals surface area (Å²) in [6.07, 6.45) is 3.00. The van der Waals surface area contributed by atoms with Crippen LogP contribution in [0.3, 0.4) is 0 Å². The standard InChI is InChI=1S/C18H24N2O3S/c1-2-3-10-23-11-6-9-19-16(21)15-12-24-18-14-8-5-4-7-13(14)17(22)20(15)18/h4-5,7-8,15,18H,2-3,6,9-12H2,1H3,(H,19,21)/t15-,18+/m0/s1. The molecule has 1 aromatic carbocycles. The van der Waals surface area contributed by atoms with Crippen LogP contribution in [-0.2, 0) is 9.53 Å². The first-order valence-corrected chi connectivity index (χ1v) is 9.67. The topological polar surface area (TPSA) is 58.6 Å². The number of carbonyl (C=O) groups excluding carboxylic acids is 2. The predicted octanol–water partition coefficient (Wildman–Crippen LogP) is 2.58. The molecule has 2 heterocycles. The summed E-state index contributed by atoms with van der Waals surface area (Å²) in [5.74, 6) is 0.576. The van der Waals surface area contributed by atoms with Gasteiger partial charge in [0, 0.05) is 31.1 Å². The highest BCUT2D eigenvalue weighted by Crippen LogP contribution is 2.47. The van der Waals surface area contributed by atoms with Crippen molar-refractivity contribution in [3.63, 3.8) is 0 Å². The maximum absolute atomic E-state index is 12.6. The Hall–Kier alpha value is -1.53. The van der Waals surface area contributed by atoms with E-state index >= 15 is 0 Å². The molecular formula is C18H24N2O3S. The van der Waals surface area contributed by atoms with Gasteiger partial charge in [0.15, 0.2) is 0 Å². The number of nitrogens with zero attached hydrogens (tertiary/aromatic N) is 1. The lowest BCUT2D eigenvalue weighted by Gasteiger charge is -2.22. The van der Waals surface area contributed by atoms with Gasteiger partial charge in [-0.05, 0) is 24.5 Å². The molecule has 0 aliphatic carbocycles. The lowest BCUT2D eigenvalue weighted by atomic mass is 10.1. The fourth-order valence-electron chi connectivity index (χ4n) is 3.09. The summed E-state index contributed by atoms with van der Waals surface area (Å²) in [4.78, 5) is 26.8. The number of hydrogen-bond donors (Lipinski definition) is 1. The van der Waals surface area contributed by atoms with Crippen molar-refractivity contribution in [1.29, 1.82) is 0 Å². The first-order chi connectivity index (χ1) is 11.7. The second kappa shape index (κ2) is 8.03. The Morgan fingerprint density at radius 2 is 2.12 bits per heavy atom. The first-order valence-electron chi connectivity index (χ1n) is 8.62. The van der Waals surface area contributed by atoms with Gasteiger partial charge >= 0.3 is 0 Å². The molecule has 2 aliphatic heterocycles. The van der Waals surface area contributed by atoms with E-state index < -0.39 is 0 Å². The molecule has 2 amide bonds. The third-order valence-electron chi connectivity index (χ3n) is 4.40. The second-order valence-corrected chi connectivity index (χ2v) is 7.22. The molecule has 2 aliphatic rings. The van der Waals surface area contributed by atoms with Crippen molar-refractivity contribution in [1.82, 2.24) is 10.2 Å². The van der Waals surface area contributed by atoms with Gasteiger partial charge in [0.2, 0.25) is 5.91 Å². The molecule has 1 N–H and O–H groups in total. The maximum Gasteiger partial charge on any atom is 0.256 e. The zero-order valence-electron chi connectivity index (χ0n) is 14.0. The predicted molar refractivity (Wildman–Crippen MR) is 95.0 cm³/mol. The largest absolute Gasteiger partial charge is 0.381 e. The van der Waals surface area contributed by atoms with Gasteiger partial charge in [-0.2, -0.15) is 0 Å². The Labute approximate surface area is 147 Å². The molecular weight excluding hydrogens is 324 g/mol. The Morgan fingerprint density at radius 1 is 1.33 bits per heavy atom. The molecule has 1 saturated heterocycles. The highest BCUT2D eigenvalue weighted by atomic mass is 32.2. The van der Waals surface area contributed by atoms with E-state index in [-0.39, 0.29) is 23.2 Å². The van der Waals surface area contributed by atoms with E-state index in [4.69, 9.17) is 4.74 Å². The van der Waals surface area contributed by atoms with Crippen LogP contribution in [0.2, 0.25) is 0 Å². The number of ether oxygens (including phenoxy) is 1. The summed E-state index contributed by atoms with van der Waals surface area (Å²) in [6, 6.07) is 7.28. The fraction of sp³-hybridized carbons (Fsp3) is 0.556. The molecule has 0 aromatic heterocycles. The molecule has 1 fully saturated rings. The molecule has 0 saturated carbocycles. The lowest BCUT2D eigenvalue weighted by molar-refractivity contribution is -0.124. The zero-order chi connectivity index (χ0) is 16.9. The minimum atomic E-state index is -0.374. The van der Waals surface area contributed by atoms with Crippen molar-refractivity contribution in [2.45, 2.75) is 37.6 Å². The molecule has 6 heteroatoms. The Morgan fingerprint density at radius 3 is 2.96 bits per heavy atom. The van der Waals surface area contributed by atoms with Gasteiger partial charge < -0.3 is 15.0 Å². The molecule has 0 spiro atoms. The normalized spacial score (nSPS) is 21.7. The van der Waals surface area contributed by atoms with Crippen LogP contribution in [0.1, 0.15) is 47.5 Å². The highest BCUT2D eigenvalue weighted by molar-refractivity contribution is 7.99. The van der Waals surface area contributed by atoms with Gasteiger partial charge in [-0.1, -0.05) is 31.5 Å². The number of carbonyl (C=O) groups is 2. The van der Waals surface area contributed by atoms with Crippen LogP contribution in [0, 0.1) is 0 Å². The number of rotatable bonds is 8. The van der Waals surface area contributed by atoms with Gasteiger partial charge in [0.25, 0.3) is 5.91 Å². The number of benzene rings is 1. The number of thioether (sulfide) groups is 1. The van der Waals surface area contributed by atoms with Crippen LogP contribution in [0.25, 0.3) is 0 Å². The van der Waals surface area contributed by atoms with E-state index in [2.05, 4.69) is 12.2 Å². The molecule has 1 aromatic rings. The van der Waals surface area contributed by atoms with E-state index in [1.54, 1.807) is 16.7 Å². The van der Waals surface area contributed by atoms with E-state index in [1.807, 2.05) is 24.3 Å². The second-order valence-electron chi connectivity index (χ2n) is 6.11. The first kappa shape index (κ1) is 17.3. The van der Waals surface area contributed by atoms with Crippen LogP contribution in [0.4, 0.5) is 0 Å². The number of hydrogen-bond acceptors (Lipinski definition) is 4. The molecule has 2 atom stereocenters. The van der Waals surface area contributed by atoms with Crippen molar-refractivity contribution in [2.75, 3.05) is 25.5 Å². The van der Waals surface area contributed by atoms with E-state index in [9.17, 15) is 9.59 Å². The van der Waals surface area contributed by atoms with Crippen LogP contribution < -0.4 is 5.32 Å². The van der Waals surface area contributed by atoms with Crippen molar-refractivity contribution >= 4 is 23.6 Å². The number of amides is 2. The van der Waals surface area contributed by atoms with E-state index in [0.717, 1.165) is 37.0 Å². The number of unbranched alkanes of at least 4 members (excludes halogenated alkanes) is 1. The summed E-state index contributed by atoms with van der Waals surface area (Å²) < 4.78 is 5.49. The summed E-state index contributed by atoms with van der Waals surface area (Å²) >= 11 is 1.67. The molecule has 130 valence electrons. The van der Waals surface area contributed by atoms with Gasteiger partial charge in [0.05, 0.1) is 0 Å². The van der Waals surface area contributed by atoms with Gasteiger partial charge in [-0.15, -0.1) is 11.8 Å². The molecule has 5 nitrogen and oxygen atoms in total. The summed E-state index contributed by atoms with van der Waals surface area (Å²) in [5, 5.41) is 2.94. The minimum absolute atomic E-state index is 0.0122. The molecule has 3 rings (SSSR count). The Bertz CT molecular complexity index is 608. The van der Waals surface area contributed by atoms with Crippen molar-refractivity contribution in [2.24, 2.45) is 0 Å². The van der Waals surface area contributed by atoms with E-state index in [1.165, 1.54) is 0 Å². The fourth-order valence-corrected chi connectivity index (χ4v) is 4.56. The van der Waals surface area contributed by atoms with Crippen LogP contribution in [0.5, 0.6) is 0 Å². The van der Waals surface area contributed by atoms with Gasteiger partial charge in [0.1, 0.15) is 11.4 Å². The SMILES string of the molecule is CCCCOCCCNC(=O)[C@@H]1CS[C@@H]2c3ccccc3C(=O)N21. The van der Waals surface area contributed by atoms with Gasteiger partial charge in [-0.25, -0.2) is 0 Å². The highest BCUT2D eigenvalue weighted by Gasteiger charge is 2.48. The van der Waals surface area contributed by atoms with Crippen molar-refractivity contribution in [3.05, 3.63) is 35.4 Å². The summed E-state index contributed by atoms with van der Waals surface area (Å²) in [6.45, 7) is 4.17. The third kappa shape index (κ3) is 3.44. The average Bonchev–Trinajstić information content (AvgIpc) is 3.15. The monoisotopic (exact) mass is 348 g/mol. The lowest BCUT2D eigenvalue weighted by Crippen LogP contribution is -2.46. The number of nitrogens with one attached hydrogen (secondary N) is 1. The van der Waals surface area contributed by atoms with E-state index in [0.29, 0.717) is 18.9 Å². The van der Waals surface area contributed by atoms with Crippen molar-refractivity contribution < 1.29 is 14.3 Å². The maximum atomic E-state index is 12.6. The van der Waals surface area contributed by atoms with Crippen molar-refractivity contribution in [3.8, 4) is 0 Å². The number of fused-ring (bicyclic) bond motifs is 3. The van der Waals surface area contributed by atoms with Crippen LogP contribution in [-0.4, -0.2) is 48.3 Å². The molecule has 0 radical (unpaired) electrons. The van der Waals surface area contributed by atoms with Crippen LogP contribution >= 0.6 is 11.8 Å².